The molecule has 2 aliphatic rings. The summed E-state index contributed by atoms with van der Waals surface area (Å²) in [6.07, 6.45) is 0. The Labute approximate surface area is 302 Å². The molecule has 0 radical (unpaired) electrons. The Morgan fingerprint density at radius 2 is 0.700 bits per heavy atom. The lowest BCUT2D eigenvalue weighted by molar-refractivity contribution is 0.590. The van der Waals surface area contributed by atoms with Gasteiger partial charge in [0.05, 0.1) is 0 Å². The van der Waals surface area contributed by atoms with Crippen LogP contribution >= 0.6 is 0 Å². The largest absolute Gasteiger partial charge is 0.311 e. The van der Waals surface area contributed by atoms with E-state index < -0.39 is 0 Å². The lowest BCUT2D eigenvalue weighted by atomic mass is 9.33. The summed E-state index contributed by atoms with van der Waals surface area (Å²) in [4.78, 5) is 5.10. The Bertz CT molecular complexity index is 1940. The number of hydrogen-bond donors (Lipinski definition) is 0. The van der Waals surface area contributed by atoms with Crippen LogP contribution in [0, 0.1) is 6.92 Å². The van der Waals surface area contributed by atoms with Gasteiger partial charge in [0.15, 0.2) is 0 Å². The van der Waals surface area contributed by atoms with E-state index in [2.05, 4.69) is 197 Å². The van der Waals surface area contributed by atoms with Crippen molar-refractivity contribution in [3.05, 3.63) is 125 Å². The average Bonchev–Trinajstić information content (AvgIpc) is 3.02. The van der Waals surface area contributed by atoms with Gasteiger partial charge in [0.25, 0.3) is 6.71 Å². The third-order valence-electron chi connectivity index (χ3n) is 10.9. The Hall–Kier alpha value is -4.24. The Kier molecular flexibility index (Phi) is 7.80. The van der Waals surface area contributed by atoms with Gasteiger partial charge in [0.1, 0.15) is 0 Å². The SMILES string of the molecule is Cc1cc2c3c(c1)N(c1ccc(C(C)(C)C)cc1)c1cc(C(C)(C)C)ccc1B3c1ccc(C(C)(C)C)cc1N2c1ccc(C(C)(C)C)cc1. The van der Waals surface area contributed by atoms with E-state index in [0.29, 0.717) is 0 Å². The van der Waals surface area contributed by atoms with E-state index in [1.165, 1.54) is 78.3 Å². The van der Waals surface area contributed by atoms with Gasteiger partial charge >= 0.3 is 0 Å². The van der Waals surface area contributed by atoms with Gasteiger partial charge in [-0.1, -0.05) is 132 Å². The van der Waals surface area contributed by atoms with Gasteiger partial charge in [-0.05, 0) is 121 Å². The van der Waals surface area contributed by atoms with Crippen LogP contribution in [0.4, 0.5) is 34.1 Å². The number of anilines is 6. The van der Waals surface area contributed by atoms with Crippen molar-refractivity contribution >= 4 is 57.2 Å². The number of fused-ring (bicyclic) bond motifs is 4. The summed E-state index contributed by atoms with van der Waals surface area (Å²) in [5.41, 5.74) is 18.5. The van der Waals surface area contributed by atoms with Crippen molar-refractivity contribution < 1.29 is 0 Å². The van der Waals surface area contributed by atoms with Crippen LogP contribution in [0.1, 0.15) is 111 Å². The summed E-state index contributed by atoms with van der Waals surface area (Å²) in [5.74, 6) is 0. The molecule has 0 saturated carbocycles. The molecule has 2 heterocycles. The Balaban J connectivity index is 1.55. The quantitative estimate of drug-likeness (QED) is 0.171. The van der Waals surface area contributed by atoms with Crippen molar-refractivity contribution in [2.24, 2.45) is 0 Å². The van der Waals surface area contributed by atoms with Gasteiger partial charge in [-0.15, -0.1) is 0 Å². The molecule has 0 bridgehead atoms. The summed E-state index contributed by atoms with van der Waals surface area (Å²) in [5, 5.41) is 0. The molecular weight excluding hydrogens is 603 g/mol. The first kappa shape index (κ1) is 34.2. The topological polar surface area (TPSA) is 6.48 Å². The van der Waals surface area contributed by atoms with Gasteiger partial charge in [-0.25, -0.2) is 0 Å². The molecule has 0 aromatic heterocycles. The predicted octanol–water partition coefficient (Wildman–Crippen LogP) is 11.3. The molecule has 0 N–H and O–H groups in total. The number of hydrogen-bond acceptors (Lipinski definition) is 2. The molecule has 3 heteroatoms. The molecule has 0 fully saturated rings. The van der Waals surface area contributed by atoms with Gasteiger partial charge in [-0.2, -0.15) is 0 Å². The number of rotatable bonds is 2. The van der Waals surface area contributed by atoms with E-state index in [4.69, 9.17) is 0 Å². The van der Waals surface area contributed by atoms with Crippen molar-refractivity contribution in [3.63, 3.8) is 0 Å². The predicted molar refractivity (Wildman–Crippen MR) is 220 cm³/mol. The first-order valence-corrected chi connectivity index (χ1v) is 18.5. The van der Waals surface area contributed by atoms with Crippen LogP contribution < -0.4 is 26.2 Å². The van der Waals surface area contributed by atoms with Crippen molar-refractivity contribution in [1.82, 2.24) is 0 Å². The third-order valence-corrected chi connectivity index (χ3v) is 10.9. The molecular formula is C47H55BN2. The third kappa shape index (κ3) is 5.77. The lowest BCUT2D eigenvalue weighted by Gasteiger charge is -2.45. The summed E-state index contributed by atoms with van der Waals surface area (Å²) < 4.78 is 0. The first-order valence-electron chi connectivity index (χ1n) is 18.5. The second kappa shape index (κ2) is 11.4. The number of aryl methyl sites for hydroxylation is 1. The Morgan fingerprint density at radius 1 is 0.380 bits per heavy atom. The summed E-state index contributed by atoms with van der Waals surface area (Å²) in [6, 6.07) is 38.0. The van der Waals surface area contributed by atoms with Crippen molar-refractivity contribution in [2.75, 3.05) is 9.80 Å². The fourth-order valence-electron chi connectivity index (χ4n) is 7.84. The summed E-state index contributed by atoms with van der Waals surface area (Å²) in [7, 11) is 0. The average molecular weight is 659 g/mol. The Morgan fingerprint density at radius 3 is 1.02 bits per heavy atom. The molecule has 0 amide bonds. The number of benzene rings is 5. The molecule has 2 aliphatic heterocycles. The van der Waals surface area contributed by atoms with Crippen molar-refractivity contribution in [3.8, 4) is 0 Å². The summed E-state index contributed by atoms with van der Waals surface area (Å²) >= 11 is 0. The van der Waals surface area contributed by atoms with Gasteiger partial charge in [-0.3, -0.25) is 0 Å². The van der Waals surface area contributed by atoms with Crippen LogP contribution in [-0.4, -0.2) is 6.71 Å². The maximum Gasteiger partial charge on any atom is 0.252 e. The van der Waals surface area contributed by atoms with Crippen LogP contribution in [0.2, 0.25) is 0 Å². The normalized spacial score (nSPS) is 14.4. The van der Waals surface area contributed by atoms with Crippen LogP contribution in [0.15, 0.2) is 97.1 Å². The monoisotopic (exact) mass is 658 g/mol. The molecule has 2 nitrogen and oxygen atoms in total. The first-order chi connectivity index (χ1) is 23.2. The second-order valence-corrected chi connectivity index (χ2v) is 19.0. The molecule has 0 unspecified atom stereocenters. The van der Waals surface area contributed by atoms with Crippen LogP contribution in [0.3, 0.4) is 0 Å². The standard InChI is InChI=1S/C47H55BN2/c1-30-26-41-43-42(27-30)50(36-22-16-32(17-23-36)45(5,6)7)40-29-34(47(11,12)13)19-25-38(40)48(43)37-24-18-33(46(8,9)10)28-39(37)49(41)35-20-14-31(15-21-35)44(2,3)4/h14-29H,1-13H3. The minimum Gasteiger partial charge on any atom is -0.311 e. The minimum absolute atomic E-state index is 0.0247. The highest BCUT2D eigenvalue weighted by molar-refractivity contribution is 7.00. The zero-order chi connectivity index (χ0) is 36.1. The van der Waals surface area contributed by atoms with Gasteiger partial charge < -0.3 is 9.80 Å². The van der Waals surface area contributed by atoms with E-state index in [9.17, 15) is 0 Å². The van der Waals surface area contributed by atoms with E-state index in [-0.39, 0.29) is 28.4 Å². The van der Waals surface area contributed by atoms with Gasteiger partial charge in [0.2, 0.25) is 0 Å². The summed E-state index contributed by atoms with van der Waals surface area (Å²) in [6.45, 7) is 30.1. The molecule has 5 aromatic rings. The van der Waals surface area contributed by atoms with E-state index >= 15 is 0 Å². The number of nitrogens with zero attached hydrogens (tertiary/aromatic N) is 2. The molecule has 7 rings (SSSR count). The van der Waals surface area contributed by atoms with E-state index in [0.717, 1.165) is 0 Å². The molecule has 0 aliphatic carbocycles. The zero-order valence-electron chi connectivity index (χ0n) is 32.7. The van der Waals surface area contributed by atoms with Crippen molar-refractivity contribution in [1.29, 1.82) is 0 Å². The molecule has 0 spiro atoms. The van der Waals surface area contributed by atoms with Gasteiger partial charge in [0, 0.05) is 34.1 Å². The molecule has 256 valence electrons. The highest BCUT2D eigenvalue weighted by Gasteiger charge is 2.44. The fraction of sp³-hybridized carbons (Fsp3) is 0.362. The van der Waals surface area contributed by atoms with Crippen molar-refractivity contribution in [2.45, 2.75) is 112 Å². The van der Waals surface area contributed by atoms with E-state index in [1.807, 2.05) is 0 Å². The molecule has 0 atom stereocenters. The van der Waals surface area contributed by atoms with E-state index in [1.54, 1.807) is 0 Å². The lowest BCUT2D eigenvalue weighted by Crippen LogP contribution is -2.61. The highest BCUT2D eigenvalue weighted by Crippen LogP contribution is 2.46. The van der Waals surface area contributed by atoms with Crippen LogP contribution in [0.5, 0.6) is 0 Å². The fourth-order valence-corrected chi connectivity index (χ4v) is 7.84. The second-order valence-electron chi connectivity index (χ2n) is 19.0. The molecule has 50 heavy (non-hydrogen) atoms. The smallest absolute Gasteiger partial charge is 0.252 e. The van der Waals surface area contributed by atoms with Crippen LogP contribution in [0.25, 0.3) is 0 Å². The van der Waals surface area contributed by atoms with Crippen LogP contribution in [-0.2, 0) is 21.7 Å². The maximum atomic E-state index is 2.55. The highest BCUT2D eigenvalue weighted by atomic mass is 15.2. The molecule has 5 aromatic carbocycles. The minimum atomic E-state index is 0.0247. The maximum absolute atomic E-state index is 2.55. The molecule has 0 saturated heterocycles. The zero-order valence-corrected chi connectivity index (χ0v) is 32.7.